The van der Waals surface area contributed by atoms with E-state index in [4.69, 9.17) is 4.74 Å². The van der Waals surface area contributed by atoms with Gasteiger partial charge in [-0.25, -0.2) is 4.79 Å². The summed E-state index contributed by atoms with van der Waals surface area (Å²) < 4.78 is 49.6. The Morgan fingerprint density at radius 1 is 1.03 bits per heavy atom. The third-order valence-corrected chi connectivity index (χ3v) is 5.79. The van der Waals surface area contributed by atoms with Gasteiger partial charge in [0.15, 0.2) is 0 Å². The van der Waals surface area contributed by atoms with E-state index in [0.717, 1.165) is 5.56 Å². The van der Waals surface area contributed by atoms with Gasteiger partial charge in [0, 0.05) is 29.3 Å². The van der Waals surface area contributed by atoms with E-state index in [-0.39, 0.29) is 35.2 Å². The molecule has 1 aromatic heterocycles. The van der Waals surface area contributed by atoms with Crippen molar-refractivity contribution >= 4 is 16.9 Å². The van der Waals surface area contributed by atoms with Crippen LogP contribution < -0.4 is 0 Å². The van der Waals surface area contributed by atoms with Crippen molar-refractivity contribution in [2.75, 3.05) is 6.61 Å². The summed E-state index contributed by atoms with van der Waals surface area (Å²) in [5, 5.41) is 20.5. The average molecular weight is 502 g/mol. The van der Waals surface area contributed by atoms with Crippen LogP contribution in [0, 0.1) is 23.2 Å². The van der Waals surface area contributed by atoms with E-state index in [9.17, 15) is 28.3 Å². The maximum Gasteiger partial charge on any atom is 0.433 e. The van der Waals surface area contributed by atoms with Crippen LogP contribution in [0.1, 0.15) is 39.5 Å². The number of benzene rings is 3. The first kappa shape index (κ1) is 25.6. The molecule has 0 saturated heterocycles. The number of nitriles is 1. The molecule has 3 aromatic carbocycles. The largest absolute Gasteiger partial charge is 0.462 e. The molecule has 0 amide bonds. The Labute approximate surface area is 211 Å². The molecule has 4 aromatic rings. The molecule has 0 saturated carbocycles. The summed E-state index contributed by atoms with van der Waals surface area (Å²) in [4.78, 5) is 11.8. The van der Waals surface area contributed by atoms with E-state index in [1.165, 1.54) is 48.7 Å². The summed E-state index contributed by atoms with van der Waals surface area (Å²) in [5.41, 5.74) is -2.06. The molecular formula is C29H21F3N2O3. The number of fused-ring (bicyclic) bond motifs is 1. The molecule has 4 rings (SSSR count). The Morgan fingerprint density at radius 3 is 2.32 bits per heavy atom. The zero-order valence-electron chi connectivity index (χ0n) is 19.7. The first-order valence-corrected chi connectivity index (χ1v) is 11.3. The van der Waals surface area contributed by atoms with E-state index in [1.54, 1.807) is 11.5 Å². The fraction of sp³-hybridized carbons (Fsp3) is 0.172. The molecule has 0 bridgehead atoms. The highest BCUT2D eigenvalue weighted by Gasteiger charge is 2.55. The fourth-order valence-electron chi connectivity index (χ4n) is 3.92. The van der Waals surface area contributed by atoms with Gasteiger partial charge >= 0.3 is 12.1 Å². The monoisotopic (exact) mass is 502 g/mol. The number of carbonyl (C=O) groups is 1. The van der Waals surface area contributed by atoms with Crippen LogP contribution in [0.5, 0.6) is 0 Å². The van der Waals surface area contributed by atoms with Gasteiger partial charge in [0.25, 0.3) is 5.60 Å². The second-order valence-corrected chi connectivity index (χ2v) is 8.26. The van der Waals surface area contributed by atoms with Crippen molar-refractivity contribution in [2.45, 2.75) is 25.2 Å². The molecule has 0 aliphatic carbocycles. The Balaban J connectivity index is 1.82. The van der Waals surface area contributed by atoms with Crippen molar-refractivity contribution < 1.29 is 27.8 Å². The van der Waals surface area contributed by atoms with Crippen LogP contribution in [0.4, 0.5) is 13.2 Å². The molecule has 8 heteroatoms. The number of esters is 1. The third-order valence-electron chi connectivity index (χ3n) is 5.79. The van der Waals surface area contributed by atoms with Crippen LogP contribution in [-0.2, 0) is 16.9 Å². The standard InChI is InChI=1S/C29H21F3N2O3/c1-2-37-27(35)23-11-8-20(9-12-23)14-15-28(36,29(30,31)32)25-19-34(18-21-6-4-3-5-7-21)26-16-22(17-33)10-13-24(25)26/h3-13,16,19,36H,2,18H2,1H3. The summed E-state index contributed by atoms with van der Waals surface area (Å²) in [5.74, 6) is 3.87. The summed E-state index contributed by atoms with van der Waals surface area (Å²) in [6.07, 6.45) is -3.91. The van der Waals surface area contributed by atoms with Crippen LogP contribution in [0.25, 0.3) is 10.9 Å². The second kappa shape index (κ2) is 10.2. The zero-order chi connectivity index (χ0) is 26.6. The van der Waals surface area contributed by atoms with Gasteiger partial charge in [0.05, 0.1) is 29.3 Å². The number of hydrogen-bond acceptors (Lipinski definition) is 4. The predicted octanol–water partition coefficient (Wildman–Crippen LogP) is 5.54. The molecule has 1 N–H and O–H groups in total. The number of carbonyl (C=O) groups excluding carboxylic acids is 1. The van der Waals surface area contributed by atoms with Crippen LogP contribution in [0.3, 0.4) is 0 Å². The highest BCUT2D eigenvalue weighted by molar-refractivity contribution is 5.89. The van der Waals surface area contributed by atoms with Gasteiger partial charge in [-0.3, -0.25) is 0 Å². The van der Waals surface area contributed by atoms with E-state index >= 15 is 0 Å². The quantitative estimate of drug-likeness (QED) is 0.287. The number of halogens is 3. The first-order valence-electron chi connectivity index (χ1n) is 11.3. The summed E-state index contributed by atoms with van der Waals surface area (Å²) in [6, 6.07) is 20.9. The fourth-order valence-corrected chi connectivity index (χ4v) is 3.92. The van der Waals surface area contributed by atoms with Gasteiger partial charge < -0.3 is 14.4 Å². The number of hydrogen-bond donors (Lipinski definition) is 1. The minimum absolute atomic E-state index is 0.127. The normalized spacial score (nSPS) is 12.8. The van der Waals surface area contributed by atoms with Gasteiger partial charge in [0.2, 0.25) is 0 Å². The minimum atomic E-state index is -5.13. The molecule has 1 unspecified atom stereocenters. The Kier molecular flexibility index (Phi) is 7.06. The molecule has 0 aliphatic rings. The highest BCUT2D eigenvalue weighted by atomic mass is 19.4. The number of rotatable bonds is 5. The topological polar surface area (TPSA) is 75.2 Å². The van der Waals surface area contributed by atoms with Crippen molar-refractivity contribution in [1.82, 2.24) is 4.57 Å². The van der Waals surface area contributed by atoms with Crippen molar-refractivity contribution in [2.24, 2.45) is 0 Å². The molecule has 1 heterocycles. The lowest BCUT2D eigenvalue weighted by atomic mass is 9.92. The molecule has 0 fully saturated rings. The number of ether oxygens (including phenoxy) is 1. The number of aliphatic hydroxyl groups is 1. The van der Waals surface area contributed by atoms with E-state index in [1.807, 2.05) is 42.3 Å². The summed E-state index contributed by atoms with van der Waals surface area (Å²) in [7, 11) is 0. The van der Waals surface area contributed by atoms with Crippen LogP contribution in [-0.4, -0.2) is 28.4 Å². The van der Waals surface area contributed by atoms with Gasteiger partial charge in [0.1, 0.15) is 0 Å². The van der Waals surface area contributed by atoms with E-state index < -0.39 is 23.3 Å². The SMILES string of the molecule is CCOC(=O)c1ccc(C#CC(O)(c2cn(Cc3ccccc3)c3cc(C#N)ccc23)C(F)(F)F)cc1. The average Bonchev–Trinajstić information content (AvgIpc) is 3.25. The first-order chi connectivity index (χ1) is 17.7. The van der Waals surface area contributed by atoms with Gasteiger partial charge in [-0.1, -0.05) is 42.3 Å². The zero-order valence-corrected chi connectivity index (χ0v) is 19.7. The molecule has 1 atom stereocenters. The molecule has 186 valence electrons. The lowest BCUT2D eigenvalue weighted by Crippen LogP contribution is -2.41. The maximum atomic E-state index is 14.4. The van der Waals surface area contributed by atoms with Crippen LogP contribution in [0.2, 0.25) is 0 Å². The van der Waals surface area contributed by atoms with E-state index in [2.05, 4.69) is 5.92 Å². The van der Waals surface area contributed by atoms with Crippen molar-refractivity contribution in [1.29, 1.82) is 5.26 Å². The highest BCUT2D eigenvalue weighted by Crippen LogP contribution is 2.42. The lowest BCUT2D eigenvalue weighted by Gasteiger charge is -2.25. The second-order valence-electron chi connectivity index (χ2n) is 8.26. The Hall–Kier alpha value is -4.53. The smallest absolute Gasteiger partial charge is 0.433 e. The van der Waals surface area contributed by atoms with Gasteiger partial charge in [-0.15, -0.1) is 0 Å². The van der Waals surface area contributed by atoms with Crippen molar-refractivity contribution in [3.63, 3.8) is 0 Å². The molecule has 0 radical (unpaired) electrons. The number of alkyl halides is 3. The number of aromatic nitrogens is 1. The van der Waals surface area contributed by atoms with Crippen LogP contribution >= 0.6 is 0 Å². The number of nitrogens with zero attached hydrogens (tertiary/aromatic N) is 2. The molecular weight excluding hydrogens is 481 g/mol. The molecule has 37 heavy (non-hydrogen) atoms. The molecule has 0 spiro atoms. The van der Waals surface area contributed by atoms with E-state index in [0.29, 0.717) is 5.52 Å². The van der Waals surface area contributed by atoms with Gasteiger partial charge in [-0.2, -0.15) is 18.4 Å². The summed E-state index contributed by atoms with van der Waals surface area (Å²) >= 11 is 0. The molecule has 5 nitrogen and oxygen atoms in total. The van der Waals surface area contributed by atoms with Gasteiger partial charge in [-0.05, 0) is 54.8 Å². The summed E-state index contributed by atoms with van der Waals surface area (Å²) in [6.45, 7) is 2.07. The minimum Gasteiger partial charge on any atom is -0.462 e. The lowest BCUT2D eigenvalue weighted by molar-refractivity contribution is -0.240. The predicted molar refractivity (Wildman–Crippen MR) is 131 cm³/mol. The Morgan fingerprint density at radius 2 is 1.70 bits per heavy atom. The third kappa shape index (κ3) is 5.20. The van der Waals surface area contributed by atoms with Crippen LogP contribution in [0.15, 0.2) is 79.0 Å². The van der Waals surface area contributed by atoms with Crippen molar-refractivity contribution in [3.8, 4) is 17.9 Å². The maximum absolute atomic E-state index is 14.4. The van der Waals surface area contributed by atoms with Crippen molar-refractivity contribution in [3.05, 3.63) is 107 Å². The Bertz CT molecular complexity index is 1540. The molecule has 0 aliphatic heterocycles.